The second kappa shape index (κ2) is 12.7. The molecule has 44 heavy (non-hydrogen) atoms. The van der Waals surface area contributed by atoms with Gasteiger partial charge in [-0.15, -0.1) is 0 Å². The number of halogens is 6. The Hall–Kier alpha value is -4.34. The van der Waals surface area contributed by atoms with Crippen molar-refractivity contribution in [3.63, 3.8) is 0 Å². The summed E-state index contributed by atoms with van der Waals surface area (Å²) < 4.78 is 86.7. The first-order valence-corrected chi connectivity index (χ1v) is 14.7. The Morgan fingerprint density at radius 1 is 0.455 bits per heavy atom. The van der Waals surface area contributed by atoms with Crippen molar-refractivity contribution in [2.45, 2.75) is 37.5 Å². The van der Waals surface area contributed by atoms with E-state index >= 15 is 17.6 Å². The molecular weight excluding hydrogens is 578 g/mol. The zero-order valence-corrected chi connectivity index (χ0v) is 23.8. The topological polar surface area (TPSA) is 31.2 Å². The Labute approximate surface area is 251 Å². The van der Waals surface area contributed by atoms with E-state index in [0.29, 0.717) is 51.9 Å². The Morgan fingerprint density at radius 2 is 0.750 bits per heavy atom. The maximum absolute atomic E-state index is 15.1. The van der Waals surface area contributed by atoms with Crippen molar-refractivity contribution in [3.8, 4) is 0 Å². The molecule has 0 atom stereocenters. The average molecular weight is 609 g/mol. The third-order valence-electron chi connectivity index (χ3n) is 8.59. The van der Waals surface area contributed by atoms with Crippen molar-refractivity contribution in [2.75, 3.05) is 36.0 Å². The summed E-state index contributed by atoms with van der Waals surface area (Å²) in [5.41, 5.74) is 1.41. The van der Waals surface area contributed by atoms with Gasteiger partial charge in [0.05, 0.1) is 11.4 Å². The van der Waals surface area contributed by atoms with Crippen LogP contribution in [0.1, 0.15) is 48.6 Å². The molecule has 10 heteroatoms. The van der Waals surface area contributed by atoms with Crippen LogP contribution in [0.2, 0.25) is 0 Å². The van der Waals surface area contributed by atoms with Gasteiger partial charge in [-0.2, -0.15) is 10.2 Å². The molecule has 228 valence electrons. The minimum atomic E-state index is -0.809. The van der Waals surface area contributed by atoms with Gasteiger partial charge in [0.2, 0.25) is 0 Å². The van der Waals surface area contributed by atoms with Crippen molar-refractivity contribution < 1.29 is 26.3 Å². The fourth-order valence-corrected chi connectivity index (χ4v) is 6.28. The number of rotatable bonds is 6. The second-order valence-electron chi connectivity index (χ2n) is 11.3. The van der Waals surface area contributed by atoms with Gasteiger partial charge in [-0.05, 0) is 72.9 Å². The van der Waals surface area contributed by atoms with E-state index in [1.54, 1.807) is 34.1 Å². The molecule has 0 radical (unpaired) electrons. The lowest BCUT2D eigenvalue weighted by Crippen LogP contribution is -2.34. The molecule has 0 aromatic heterocycles. The minimum Gasteiger partial charge on any atom is -0.367 e. The molecule has 4 nitrogen and oxygen atoms in total. The van der Waals surface area contributed by atoms with Crippen LogP contribution in [0.15, 0.2) is 83.0 Å². The molecule has 0 amide bonds. The molecule has 4 aromatic rings. The predicted molar refractivity (Wildman–Crippen MR) is 158 cm³/mol. The van der Waals surface area contributed by atoms with Gasteiger partial charge in [-0.25, -0.2) is 26.3 Å². The van der Waals surface area contributed by atoms with Crippen LogP contribution in [-0.2, 0) is 0 Å². The first-order valence-electron chi connectivity index (χ1n) is 14.7. The van der Waals surface area contributed by atoms with Gasteiger partial charge in [0.15, 0.2) is 23.3 Å². The number of hydrogen-bond donors (Lipinski definition) is 0. The third kappa shape index (κ3) is 6.44. The lowest BCUT2D eigenvalue weighted by molar-refractivity contribution is 0.485. The van der Waals surface area contributed by atoms with Crippen LogP contribution in [0.5, 0.6) is 0 Å². The van der Waals surface area contributed by atoms with Crippen LogP contribution in [0, 0.1) is 34.9 Å². The first kappa shape index (κ1) is 29.7. The van der Waals surface area contributed by atoms with Crippen LogP contribution in [-0.4, -0.2) is 26.2 Å². The van der Waals surface area contributed by atoms with Crippen molar-refractivity contribution >= 4 is 22.7 Å². The van der Waals surface area contributed by atoms with E-state index < -0.39 is 23.3 Å². The Kier molecular flexibility index (Phi) is 8.59. The quantitative estimate of drug-likeness (QED) is 0.161. The van der Waals surface area contributed by atoms with Gasteiger partial charge >= 0.3 is 0 Å². The van der Waals surface area contributed by atoms with Crippen LogP contribution in [0.25, 0.3) is 0 Å². The molecule has 2 heterocycles. The summed E-state index contributed by atoms with van der Waals surface area (Å²) in [6.45, 7) is 1.69. The Balaban J connectivity index is 1.10. The standard InChI is InChI=1S/C34H30F6N4/c35-25-5-1-21(2-6-25)23-9-13-43(14-10-23)33-29(37)17-27(18-30(33)38)41-42-28-19-31(39)34(32(40)20-28)44-15-11-24(12-16-44)22-3-7-26(36)8-4-22/h1-8,17-20,23-24H,9-16H2. The van der Waals surface area contributed by atoms with Crippen LogP contribution >= 0.6 is 0 Å². The molecule has 6 rings (SSSR count). The van der Waals surface area contributed by atoms with E-state index in [2.05, 4.69) is 10.2 Å². The van der Waals surface area contributed by atoms with Gasteiger partial charge in [-0.1, -0.05) is 24.3 Å². The van der Waals surface area contributed by atoms with Gasteiger partial charge in [0, 0.05) is 50.4 Å². The minimum absolute atomic E-state index is 0.127. The molecule has 2 saturated heterocycles. The molecule has 0 N–H and O–H groups in total. The molecule has 0 bridgehead atoms. The average Bonchev–Trinajstić information content (AvgIpc) is 3.01. The predicted octanol–water partition coefficient (Wildman–Crippen LogP) is 9.70. The summed E-state index contributed by atoms with van der Waals surface area (Å²) in [5.74, 6) is -3.51. The van der Waals surface area contributed by atoms with Crippen molar-refractivity contribution in [2.24, 2.45) is 10.2 Å². The smallest absolute Gasteiger partial charge is 0.151 e. The highest BCUT2D eigenvalue weighted by Gasteiger charge is 2.27. The van der Waals surface area contributed by atoms with Crippen LogP contribution < -0.4 is 9.80 Å². The van der Waals surface area contributed by atoms with Crippen LogP contribution in [0.4, 0.5) is 49.1 Å². The molecule has 2 aliphatic heterocycles. The van der Waals surface area contributed by atoms with E-state index in [4.69, 9.17) is 0 Å². The number of anilines is 2. The summed E-state index contributed by atoms with van der Waals surface area (Å²) >= 11 is 0. The van der Waals surface area contributed by atoms with E-state index in [1.165, 1.54) is 24.3 Å². The summed E-state index contributed by atoms with van der Waals surface area (Å²) in [6.07, 6.45) is 2.63. The van der Waals surface area contributed by atoms with Gasteiger partial charge in [0.1, 0.15) is 23.0 Å². The number of hydrogen-bond acceptors (Lipinski definition) is 4. The fraction of sp³-hybridized carbons (Fsp3) is 0.294. The number of piperidine rings is 2. The highest BCUT2D eigenvalue weighted by atomic mass is 19.2. The molecule has 0 saturated carbocycles. The van der Waals surface area contributed by atoms with Crippen molar-refractivity contribution in [3.05, 3.63) is 119 Å². The van der Waals surface area contributed by atoms with Gasteiger partial charge in [0.25, 0.3) is 0 Å². The number of azo groups is 1. The Bertz CT molecular complexity index is 1470. The molecule has 4 aromatic carbocycles. The largest absolute Gasteiger partial charge is 0.367 e. The highest BCUT2D eigenvalue weighted by Crippen LogP contribution is 2.37. The zero-order valence-electron chi connectivity index (χ0n) is 23.8. The fourth-order valence-electron chi connectivity index (χ4n) is 6.28. The lowest BCUT2D eigenvalue weighted by atomic mass is 9.89. The summed E-state index contributed by atoms with van der Waals surface area (Å²) in [4.78, 5) is 3.27. The van der Waals surface area contributed by atoms with Crippen LogP contribution in [0.3, 0.4) is 0 Å². The van der Waals surface area contributed by atoms with E-state index in [0.717, 1.165) is 35.4 Å². The second-order valence-corrected chi connectivity index (χ2v) is 11.3. The van der Waals surface area contributed by atoms with Crippen molar-refractivity contribution in [1.29, 1.82) is 0 Å². The molecule has 2 fully saturated rings. The number of nitrogens with zero attached hydrogens (tertiary/aromatic N) is 4. The van der Waals surface area contributed by atoms with E-state index in [-0.39, 0.29) is 46.2 Å². The first-order chi connectivity index (χ1) is 21.2. The molecule has 0 aliphatic carbocycles. The van der Waals surface area contributed by atoms with Gasteiger partial charge in [-0.3, -0.25) is 0 Å². The molecular formula is C34H30F6N4. The Morgan fingerprint density at radius 3 is 1.05 bits per heavy atom. The van der Waals surface area contributed by atoms with E-state index in [9.17, 15) is 8.78 Å². The highest BCUT2D eigenvalue weighted by molar-refractivity contribution is 5.58. The maximum Gasteiger partial charge on any atom is 0.151 e. The number of benzene rings is 4. The lowest BCUT2D eigenvalue weighted by Gasteiger charge is -2.34. The summed E-state index contributed by atoms with van der Waals surface area (Å²) in [5, 5.41) is 7.68. The zero-order chi connectivity index (χ0) is 30.8. The molecule has 0 unspecified atom stereocenters. The maximum atomic E-state index is 15.1. The van der Waals surface area contributed by atoms with Gasteiger partial charge < -0.3 is 9.80 Å². The van der Waals surface area contributed by atoms with E-state index in [1.807, 2.05) is 0 Å². The SMILES string of the molecule is Fc1ccc(C2CCN(c3c(F)cc(N=Nc4cc(F)c(N5CCC(c6ccc(F)cc6)CC5)c(F)c4)cc3F)CC2)cc1. The normalized spacial score (nSPS) is 16.7. The summed E-state index contributed by atoms with van der Waals surface area (Å²) in [7, 11) is 0. The summed E-state index contributed by atoms with van der Waals surface area (Å²) in [6, 6.07) is 16.8. The third-order valence-corrected chi connectivity index (χ3v) is 8.59. The molecule has 2 aliphatic rings. The molecule has 0 spiro atoms. The van der Waals surface area contributed by atoms with Crippen molar-refractivity contribution in [1.82, 2.24) is 0 Å². The monoisotopic (exact) mass is 608 g/mol.